The molecule has 2 amide bonds. The number of hydrogen-bond acceptors (Lipinski definition) is 5. The molecule has 1 aliphatic heterocycles. The fraction of sp³-hybridized carbons (Fsp3) is 0.692. The van der Waals surface area contributed by atoms with Gasteiger partial charge in [-0.2, -0.15) is 4.31 Å². The summed E-state index contributed by atoms with van der Waals surface area (Å²) < 4.78 is 32.1. The molecule has 36 heavy (non-hydrogen) atoms. The molecular formula is C26H40ClN3O5S. The van der Waals surface area contributed by atoms with Gasteiger partial charge >= 0.3 is 0 Å². The maximum atomic E-state index is 13.6. The number of sulfonamides is 1. The number of piperidine rings is 1. The van der Waals surface area contributed by atoms with Gasteiger partial charge in [0.25, 0.3) is 0 Å². The van der Waals surface area contributed by atoms with Crippen molar-refractivity contribution in [2.45, 2.75) is 64.5 Å². The Kier molecular flexibility index (Phi) is 11.0. The van der Waals surface area contributed by atoms with Gasteiger partial charge in [-0.15, -0.1) is 0 Å². The SMILES string of the molecule is CCCS(=O)(=O)N(CCOC)CC(=O)N(Cc1cccc(Cl)c1)C1CCN(C(=O)C2CCCC2)CC1. The van der Waals surface area contributed by atoms with Gasteiger partial charge in [0.15, 0.2) is 0 Å². The Bertz CT molecular complexity index is 976. The first-order valence-electron chi connectivity index (χ1n) is 13.0. The lowest BCUT2D eigenvalue weighted by Crippen LogP contribution is -2.52. The van der Waals surface area contributed by atoms with Crippen LogP contribution in [0.3, 0.4) is 0 Å². The Morgan fingerprint density at radius 3 is 2.44 bits per heavy atom. The zero-order chi connectivity index (χ0) is 26.1. The Balaban J connectivity index is 1.75. The summed E-state index contributed by atoms with van der Waals surface area (Å²) in [7, 11) is -2.07. The average molecular weight is 542 g/mol. The summed E-state index contributed by atoms with van der Waals surface area (Å²) in [6, 6.07) is 7.30. The van der Waals surface area contributed by atoms with Crippen molar-refractivity contribution in [2.24, 2.45) is 5.92 Å². The van der Waals surface area contributed by atoms with Gasteiger partial charge in [0.05, 0.1) is 18.9 Å². The lowest BCUT2D eigenvalue weighted by molar-refractivity contribution is -0.139. The molecule has 0 radical (unpaired) electrons. The molecule has 1 aromatic carbocycles. The Labute approximate surface area is 220 Å². The monoisotopic (exact) mass is 541 g/mol. The van der Waals surface area contributed by atoms with Crippen LogP contribution in [0.5, 0.6) is 0 Å². The zero-order valence-corrected chi connectivity index (χ0v) is 23.1. The van der Waals surface area contributed by atoms with Gasteiger partial charge < -0.3 is 14.5 Å². The molecule has 3 rings (SSSR count). The van der Waals surface area contributed by atoms with Crippen molar-refractivity contribution in [3.05, 3.63) is 34.9 Å². The van der Waals surface area contributed by atoms with Crippen LogP contribution in [0.15, 0.2) is 24.3 Å². The number of amides is 2. The molecule has 0 unspecified atom stereocenters. The first-order valence-corrected chi connectivity index (χ1v) is 15.0. The van der Waals surface area contributed by atoms with Crippen LogP contribution in [0.1, 0.15) is 57.4 Å². The second-order valence-electron chi connectivity index (χ2n) is 9.83. The van der Waals surface area contributed by atoms with Gasteiger partial charge in [-0.25, -0.2) is 8.42 Å². The Hall–Kier alpha value is -1.68. The van der Waals surface area contributed by atoms with E-state index in [0.29, 0.717) is 43.9 Å². The molecule has 0 bridgehead atoms. The lowest BCUT2D eigenvalue weighted by atomic mass is 9.99. The van der Waals surface area contributed by atoms with Crippen LogP contribution >= 0.6 is 11.6 Å². The number of methoxy groups -OCH3 is 1. The maximum Gasteiger partial charge on any atom is 0.238 e. The number of rotatable bonds is 12. The minimum Gasteiger partial charge on any atom is -0.383 e. The molecule has 1 aliphatic carbocycles. The number of carbonyl (C=O) groups is 2. The minimum absolute atomic E-state index is 0.0139. The van der Waals surface area contributed by atoms with Crippen molar-refractivity contribution in [1.29, 1.82) is 0 Å². The van der Waals surface area contributed by atoms with E-state index in [9.17, 15) is 18.0 Å². The van der Waals surface area contributed by atoms with Crippen LogP contribution in [0.25, 0.3) is 0 Å². The van der Waals surface area contributed by atoms with Gasteiger partial charge in [0, 0.05) is 50.3 Å². The van der Waals surface area contributed by atoms with E-state index in [1.54, 1.807) is 17.9 Å². The number of halogens is 1. The van der Waals surface area contributed by atoms with Gasteiger partial charge in [0.1, 0.15) is 0 Å². The van der Waals surface area contributed by atoms with E-state index in [4.69, 9.17) is 16.3 Å². The number of hydrogen-bond donors (Lipinski definition) is 0. The van der Waals surface area contributed by atoms with Crippen molar-refractivity contribution < 1.29 is 22.7 Å². The largest absolute Gasteiger partial charge is 0.383 e. The third kappa shape index (κ3) is 7.91. The van der Waals surface area contributed by atoms with Crippen molar-refractivity contribution in [3.8, 4) is 0 Å². The van der Waals surface area contributed by atoms with E-state index in [0.717, 1.165) is 31.2 Å². The first kappa shape index (κ1) is 28.9. The van der Waals surface area contributed by atoms with Crippen molar-refractivity contribution in [1.82, 2.24) is 14.1 Å². The van der Waals surface area contributed by atoms with E-state index in [1.807, 2.05) is 23.1 Å². The molecule has 10 heteroatoms. The highest BCUT2D eigenvalue weighted by atomic mass is 35.5. The van der Waals surface area contributed by atoms with Gasteiger partial charge in [-0.1, -0.05) is 43.5 Å². The van der Waals surface area contributed by atoms with Crippen LogP contribution in [-0.2, 0) is 30.9 Å². The molecule has 2 aliphatic rings. The van der Waals surface area contributed by atoms with E-state index < -0.39 is 10.0 Å². The first-order chi connectivity index (χ1) is 17.2. The summed E-state index contributed by atoms with van der Waals surface area (Å²) >= 11 is 6.20. The molecule has 8 nitrogen and oxygen atoms in total. The number of likely N-dealkylation sites (tertiary alicyclic amines) is 1. The minimum atomic E-state index is -3.58. The number of carbonyl (C=O) groups excluding carboxylic acids is 2. The van der Waals surface area contributed by atoms with Crippen LogP contribution in [0.2, 0.25) is 5.02 Å². The van der Waals surface area contributed by atoms with Crippen LogP contribution < -0.4 is 0 Å². The Morgan fingerprint density at radius 1 is 1.14 bits per heavy atom. The summed E-state index contributed by atoms with van der Waals surface area (Å²) in [4.78, 5) is 30.3. The Morgan fingerprint density at radius 2 is 1.83 bits per heavy atom. The molecule has 0 N–H and O–H groups in total. The zero-order valence-electron chi connectivity index (χ0n) is 21.5. The van der Waals surface area contributed by atoms with Crippen LogP contribution in [0.4, 0.5) is 0 Å². The molecule has 0 aromatic heterocycles. The molecule has 1 heterocycles. The molecular weight excluding hydrogens is 502 g/mol. The normalized spacial score (nSPS) is 17.6. The second kappa shape index (κ2) is 13.7. The molecule has 0 atom stereocenters. The molecule has 0 spiro atoms. The van der Waals surface area contributed by atoms with Gasteiger partial charge in [-0.05, 0) is 49.8 Å². The van der Waals surface area contributed by atoms with E-state index in [1.165, 1.54) is 11.4 Å². The topological polar surface area (TPSA) is 87.2 Å². The van der Waals surface area contributed by atoms with Crippen LogP contribution in [0, 0.1) is 5.92 Å². The van der Waals surface area contributed by atoms with E-state index in [-0.39, 0.29) is 49.2 Å². The van der Waals surface area contributed by atoms with Crippen molar-refractivity contribution >= 4 is 33.4 Å². The highest BCUT2D eigenvalue weighted by molar-refractivity contribution is 7.89. The average Bonchev–Trinajstić information content (AvgIpc) is 3.40. The third-order valence-corrected chi connectivity index (χ3v) is 9.45. The standard InChI is InChI=1S/C26H40ClN3O5S/c1-3-17-36(33,34)29(15-16-35-2)20-25(31)30(19-21-7-6-10-23(27)18-21)24-11-13-28(14-12-24)26(32)22-8-4-5-9-22/h6-7,10,18,22,24H,3-5,8-9,11-17,19-20H2,1-2H3. The highest BCUT2D eigenvalue weighted by Crippen LogP contribution is 2.29. The van der Waals surface area contributed by atoms with Gasteiger partial charge in [-0.3, -0.25) is 9.59 Å². The lowest BCUT2D eigenvalue weighted by Gasteiger charge is -2.40. The summed E-state index contributed by atoms with van der Waals surface area (Å²) in [6.45, 7) is 3.48. The summed E-state index contributed by atoms with van der Waals surface area (Å²) in [5, 5.41) is 0.587. The summed E-state index contributed by atoms with van der Waals surface area (Å²) in [6.07, 6.45) is 6.00. The molecule has 1 saturated carbocycles. The fourth-order valence-electron chi connectivity index (χ4n) is 5.22. The molecule has 202 valence electrons. The van der Waals surface area contributed by atoms with Crippen molar-refractivity contribution in [3.63, 3.8) is 0 Å². The smallest absolute Gasteiger partial charge is 0.238 e. The van der Waals surface area contributed by atoms with E-state index in [2.05, 4.69) is 0 Å². The van der Waals surface area contributed by atoms with Gasteiger partial charge in [0.2, 0.25) is 21.8 Å². The molecule has 1 aromatic rings. The van der Waals surface area contributed by atoms with E-state index >= 15 is 0 Å². The maximum absolute atomic E-state index is 13.6. The fourth-order valence-corrected chi connectivity index (χ4v) is 6.87. The number of ether oxygens (including phenoxy) is 1. The predicted molar refractivity (Wildman–Crippen MR) is 141 cm³/mol. The highest BCUT2D eigenvalue weighted by Gasteiger charge is 2.34. The third-order valence-electron chi connectivity index (χ3n) is 7.20. The number of nitrogens with zero attached hydrogens (tertiary/aromatic N) is 3. The van der Waals surface area contributed by atoms with Crippen molar-refractivity contribution in [2.75, 3.05) is 45.6 Å². The quantitative estimate of drug-likeness (QED) is 0.404. The molecule has 1 saturated heterocycles. The number of benzene rings is 1. The van der Waals surface area contributed by atoms with Crippen LogP contribution in [-0.4, -0.2) is 86.0 Å². The summed E-state index contributed by atoms with van der Waals surface area (Å²) in [5.41, 5.74) is 0.889. The predicted octanol–water partition coefficient (Wildman–Crippen LogP) is 3.54. The molecule has 2 fully saturated rings. The summed E-state index contributed by atoms with van der Waals surface area (Å²) in [5.74, 6) is 0.130. The second-order valence-corrected chi connectivity index (χ2v) is 12.4.